The molecular formula is C10H15N5O2. The molecule has 2 rings (SSSR count). The van der Waals surface area contributed by atoms with Crippen LogP contribution in [0.2, 0.25) is 0 Å². The van der Waals surface area contributed by atoms with E-state index >= 15 is 0 Å². The van der Waals surface area contributed by atoms with Gasteiger partial charge >= 0.3 is 0 Å². The fourth-order valence-corrected chi connectivity index (χ4v) is 1.48. The predicted molar refractivity (Wildman–Crippen MR) is 62.0 cm³/mol. The van der Waals surface area contributed by atoms with E-state index in [1.54, 1.807) is 10.9 Å². The summed E-state index contributed by atoms with van der Waals surface area (Å²) < 4.78 is 7.23. The molecule has 2 aromatic rings. The molecule has 2 heterocycles. The molecule has 0 aliphatic heterocycles. The van der Waals surface area contributed by atoms with Crippen LogP contribution in [0, 0.1) is 0 Å². The van der Waals surface area contributed by atoms with Gasteiger partial charge in [-0.05, 0) is 6.42 Å². The van der Waals surface area contributed by atoms with E-state index in [1.807, 2.05) is 6.92 Å². The van der Waals surface area contributed by atoms with Crippen molar-refractivity contribution < 1.29 is 9.84 Å². The van der Waals surface area contributed by atoms with Gasteiger partial charge in [-0.3, -0.25) is 4.57 Å². The standard InChI is InChI=1S/C10H15N5O2/c1-2-7(3-16)17-6-15-5-14-8-9(11)12-4-13-10(8)15/h4-5,7,16H,2-3,6H2,1H3,(H2,11,12,13)/t7-/m0/s1. The van der Waals surface area contributed by atoms with E-state index in [-0.39, 0.29) is 19.4 Å². The Hall–Kier alpha value is -1.73. The van der Waals surface area contributed by atoms with Gasteiger partial charge in [-0.15, -0.1) is 0 Å². The van der Waals surface area contributed by atoms with E-state index in [1.165, 1.54) is 6.33 Å². The molecule has 7 heteroatoms. The largest absolute Gasteiger partial charge is 0.394 e. The Bertz CT molecular complexity index is 494. The fraction of sp³-hybridized carbons (Fsp3) is 0.500. The molecule has 0 saturated carbocycles. The first-order chi connectivity index (χ1) is 8.26. The van der Waals surface area contributed by atoms with Gasteiger partial charge in [-0.1, -0.05) is 6.92 Å². The van der Waals surface area contributed by atoms with Gasteiger partial charge in [0.15, 0.2) is 11.5 Å². The summed E-state index contributed by atoms with van der Waals surface area (Å²) in [5.74, 6) is 0.350. The number of aromatic nitrogens is 4. The van der Waals surface area contributed by atoms with E-state index in [2.05, 4.69) is 15.0 Å². The zero-order valence-electron chi connectivity index (χ0n) is 9.58. The van der Waals surface area contributed by atoms with E-state index in [0.717, 1.165) is 6.42 Å². The number of ether oxygens (including phenoxy) is 1. The monoisotopic (exact) mass is 237 g/mol. The summed E-state index contributed by atoms with van der Waals surface area (Å²) in [4.78, 5) is 12.1. The highest BCUT2D eigenvalue weighted by atomic mass is 16.5. The molecule has 0 spiro atoms. The first kappa shape index (κ1) is 11.7. The Morgan fingerprint density at radius 3 is 3.00 bits per heavy atom. The van der Waals surface area contributed by atoms with Gasteiger partial charge in [0.05, 0.1) is 19.0 Å². The maximum Gasteiger partial charge on any atom is 0.167 e. The number of imidazole rings is 1. The first-order valence-corrected chi connectivity index (χ1v) is 5.40. The number of nitrogens with zero attached hydrogens (tertiary/aromatic N) is 4. The molecule has 0 bridgehead atoms. The van der Waals surface area contributed by atoms with Gasteiger partial charge in [0.1, 0.15) is 18.6 Å². The minimum Gasteiger partial charge on any atom is -0.394 e. The molecule has 0 fully saturated rings. The number of hydrogen-bond acceptors (Lipinski definition) is 6. The highest BCUT2D eigenvalue weighted by Crippen LogP contribution is 2.14. The van der Waals surface area contributed by atoms with Gasteiger partial charge < -0.3 is 15.6 Å². The van der Waals surface area contributed by atoms with Crippen LogP contribution in [-0.4, -0.2) is 37.3 Å². The van der Waals surface area contributed by atoms with Gasteiger partial charge in [0.25, 0.3) is 0 Å². The van der Waals surface area contributed by atoms with E-state index in [0.29, 0.717) is 17.0 Å². The van der Waals surface area contributed by atoms with E-state index < -0.39 is 0 Å². The van der Waals surface area contributed by atoms with Crippen LogP contribution in [0.5, 0.6) is 0 Å². The van der Waals surface area contributed by atoms with Crippen molar-refractivity contribution in [3.8, 4) is 0 Å². The van der Waals surface area contributed by atoms with Crippen molar-refractivity contribution in [1.82, 2.24) is 19.5 Å². The summed E-state index contributed by atoms with van der Waals surface area (Å²) in [6.45, 7) is 2.24. The summed E-state index contributed by atoms with van der Waals surface area (Å²) in [5.41, 5.74) is 6.86. The Morgan fingerprint density at radius 2 is 2.29 bits per heavy atom. The SMILES string of the molecule is CC[C@@H](CO)OCn1cnc2c(N)ncnc21. The van der Waals surface area contributed by atoms with Crippen LogP contribution in [0.25, 0.3) is 11.2 Å². The van der Waals surface area contributed by atoms with Crippen LogP contribution in [0.4, 0.5) is 5.82 Å². The average molecular weight is 237 g/mol. The van der Waals surface area contributed by atoms with Crippen molar-refractivity contribution in [2.24, 2.45) is 0 Å². The molecule has 0 unspecified atom stereocenters. The molecule has 7 nitrogen and oxygen atoms in total. The lowest BCUT2D eigenvalue weighted by Gasteiger charge is -2.13. The maximum absolute atomic E-state index is 9.02. The van der Waals surface area contributed by atoms with Crippen molar-refractivity contribution in [2.75, 3.05) is 12.3 Å². The highest BCUT2D eigenvalue weighted by Gasteiger charge is 2.09. The first-order valence-electron chi connectivity index (χ1n) is 5.40. The molecule has 2 aromatic heterocycles. The molecule has 3 N–H and O–H groups in total. The van der Waals surface area contributed by atoms with E-state index in [9.17, 15) is 0 Å². The Balaban J connectivity index is 2.17. The fourth-order valence-electron chi connectivity index (χ4n) is 1.48. The molecular weight excluding hydrogens is 222 g/mol. The lowest BCUT2D eigenvalue weighted by atomic mass is 10.3. The van der Waals surface area contributed by atoms with Gasteiger partial charge in [0, 0.05) is 0 Å². The van der Waals surface area contributed by atoms with Crippen molar-refractivity contribution >= 4 is 17.0 Å². The minimum absolute atomic E-state index is 0.000251. The topological polar surface area (TPSA) is 99.1 Å². The number of hydrogen-bond donors (Lipinski definition) is 2. The molecule has 0 saturated heterocycles. The summed E-state index contributed by atoms with van der Waals surface area (Å²) in [7, 11) is 0. The van der Waals surface area contributed by atoms with Crippen LogP contribution in [-0.2, 0) is 11.5 Å². The van der Waals surface area contributed by atoms with Crippen LogP contribution in [0.1, 0.15) is 13.3 Å². The Morgan fingerprint density at radius 1 is 1.47 bits per heavy atom. The highest BCUT2D eigenvalue weighted by molar-refractivity contribution is 5.80. The third-order valence-electron chi connectivity index (χ3n) is 2.54. The number of aliphatic hydroxyl groups excluding tert-OH is 1. The van der Waals surface area contributed by atoms with Gasteiger partial charge in [-0.2, -0.15) is 0 Å². The molecule has 0 aromatic carbocycles. The molecule has 0 aliphatic carbocycles. The molecule has 17 heavy (non-hydrogen) atoms. The van der Waals surface area contributed by atoms with Crippen LogP contribution in [0.3, 0.4) is 0 Å². The summed E-state index contributed by atoms with van der Waals surface area (Å²) in [6.07, 6.45) is 3.56. The second-order valence-electron chi connectivity index (χ2n) is 3.65. The second kappa shape index (κ2) is 5.07. The van der Waals surface area contributed by atoms with Crippen LogP contribution in [0.15, 0.2) is 12.7 Å². The molecule has 92 valence electrons. The zero-order valence-corrected chi connectivity index (χ0v) is 9.58. The Labute approximate surface area is 98.3 Å². The summed E-state index contributed by atoms with van der Waals surface area (Å²) >= 11 is 0. The third-order valence-corrected chi connectivity index (χ3v) is 2.54. The Kier molecular flexibility index (Phi) is 3.50. The van der Waals surface area contributed by atoms with Crippen LogP contribution >= 0.6 is 0 Å². The lowest BCUT2D eigenvalue weighted by Crippen LogP contribution is -2.18. The number of aliphatic hydroxyl groups is 1. The lowest BCUT2D eigenvalue weighted by molar-refractivity contribution is -0.0238. The van der Waals surface area contributed by atoms with Gasteiger partial charge in [-0.25, -0.2) is 15.0 Å². The summed E-state index contributed by atoms with van der Waals surface area (Å²) in [6, 6.07) is 0. The molecule has 1 atom stereocenters. The van der Waals surface area contributed by atoms with E-state index in [4.69, 9.17) is 15.6 Å². The number of nitrogens with two attached hydrogens (primary N) is 1. The molecule has 0 radical (unpaired) electrons. The number of anilines is 1. The second-order valence-corrected chi connectivity index (χ2v) is 3.65. The molecule has 0 amide bonds. The summed E-state index contributed by atoms with van der Waals surface area (Å²) in [5, 5.41) is 9.02. The zero-order chi connectivity index (χ0) is 12.3. The number of rotatable bonds is 5. The van der Waals surface area contributed by atoms with Crippen molar-refractivity contribution in [2.45, 2.75) is 26.2 Å². The quantitative estimate of drug-likeness (QED) is 0.768. The number of fused-ring (bicyclic) bond motifs is 1. The van der Waals surface area contributed by atoms with Crippen molar-refractivity contribution in [3.05, 3.63) is 12.7 Å². The maximum atomic E-state index is 9.02. The van der Waals surface area contributed by atoms with Crippen molar-refractivity contribution in [3.63, 3.8) is 0 Å². The smallest absolute Gasteiger partial charge is 0.167 e. The third kappa shape index (κ3) is 2.34. The molecule has 0 aliphatic rings. The minimum atomic E-state index is -0.174. The normalized spacial score (nSPS) is 13.1. The average Bonchev–Trinajstić information content (AvgIpc) is 2.75. The number of nitrogen functional groups attached to an aromatic ring is 1. The van der Waals surface area contributed by atoms with Crippen molar-refractivity contribution in [1.29, 1.82) is 0 Å². The predicted octanol–water partition coefficient (Wildman–Crippen LogP) is 0.153. The van der Waals surface area contributed by atoms with Crippen LogP contribution < -0.4 is 5.73 Å². The van der Waals surface area contributed by atoms with Gasteiger partial charge in [0.2, 0.25) is 0 Å².